The molecule has 0 spiro atoms. The highest BCUT2D eigenvalue weighted by molar-refractivity contribution is 6.11. The zero-order chi connectivity index (χ0) is 19.4. The lowest BCUT2D eigenvalue weighted by Gasteiger charge is -2.12. The number of hydrogen-bond donors (Lipinski definition) is 2. The van der Waals surface area contributed by atoms with E-state index >= 15 is 0 Å². The second kappa shape index (κ2) is 7.83. The van der Waals surface area contributed by atoms with Crippen LogP contribution in [-0.4, -0.2) is 20.9 Å². The van der Waals surface area contributed by atoms with Gasteiger partial charge in [0.15, 0.2) is 5.78 Å². The largest absolute Gasteiger partial charge is 0.508 e. The highest BCUT2D eigenvalue weighted by Crippen LogP contribution is 2.31. The van der Waals surface area contributed by atoms with Crippen LogP contribution in [0.25, 0.3) is 21.7 Å². The minimum absolute atomic E-state index is 0.00234. The van der Waals surface area contributed by atoms with Crippen LogP contribution in [0.4, 0.5) is 11.5 Å². The topological polar surface area (TPSA) is 75.1 Å². The van der Waals surface area contributed by atoms with Gasteiger partial charge in [-0.2, -0.15) is 0 Å². The summed E-state index contributed by atoms with van der Waals surface area (Å²) in [6.07, 6.45) is 3.51. The smallest absolute Gasteiger partial charge is 0.159 e. The van der Waals surface area contributed by atoms with Crippen LogP contribution in [0.15, 0.2) is 60.9 Å². The Morgan fingerprint density at radius 1 is 1.00 bits per heavy atom. The van der Waals surface area contributed by atoms with Crippen molar-refractivity contribution in [3.05, 3.63) is 66.5 Å². The van der Waals surface area contributed by atoms with Gasteiger partial charge in [0.2, 0.25) is 0 Å². The molecule has 2 heterocycles. The fraction of sp³-hybridized carbons (Fsp3) is 0.136. The molecular weight excluding hydrogens is 338 g/mol. The Labute approximate surface area is 157 Å². The van der Waals surface area contributed by atoms with Crippen LogP contribution in [0.1, 0.15) is 31.1 Å². The third-order valence-electron chi connectivity index (χ3n) is 4.11. The van der Waals surface area contributed by atoms with Gasteiger partial charge in [0, 0.05) is 45.9 Å². The summed E-state index contributed by atoms with van der Waals surface area (Å²) in [5, 5.41) is 15.7. The number of aromatic hydroxyl groups is 1. The van der Waals surface area contributed by atoms with Crippen LogP contribution in [0, 0.1) is 0 Å². The van der Waals surface area contributed by atoms with Crippen molar-refractivity contribution in [2.24, 2.45) is 0 Å². The Morgan fingerprint density at radius 3 is 2.56 bits per heavy atom. The zero-order valence-electron chi connectivity index (χ0n) is 15.5. The fourth-order valence-electron chi connectivity index (χ4n) is 2.88. The lowest BCUT2D eigenvalue weighted by atomic mass is 10.0. The van der Waals surface area contributed by atoms with Crippen molar-refractivity contribution in [3.63, 3.8) is 0 Å². The van der Waals surface area contributed by atoms with Gasteiger partial charge in [-0.25, -0.2) is 4.98 Å². The minimum atomic E-state index is -0.00234. The molecule has 0 fully saturated rings. The average Bonchev–Trinajstić information content (AvgIpc) is 2.69. The number of aromatic nitrogens is 2. The van der Waals surface area contributed by atoms with E-state index in [1.807, 2.05) is 32.0 Å². The third-order valence-corrected chi connectivity index (χ3v) is 4.11. The number of phenols is 1. The van der Waals surface area contributed by atoms with Crippen molar-refractivity contribution in [1.29, 1.82) is 0 Å². The molecule has 0 saturated carbocycles. The fourth-order valence-corrected chi connectivity index (χ4v) is 2.88. The van der Waals surface area contributed by atoms with Crippen molar-refractivity contribution in [2.45, 2.75) is 20.8 Å². The summed E-state index contributed by atoms with van der Waals surface area (Å²) in [7, 11) is 0. The maximum atomic E-state index is 11.7. The summed E-state index contributed by atoms with van der Waals surface area (Å²) >= 11 is 0. The first-order chi connectivity index (χ1) is 13.1. The molecule has 2 aromatic carbocycles. The molecule has 0 aliphatic rings. The highest BCUT2D eigenvalue weighted by atomic mass is 16.3. The summed E-state index contributed by atoms with van der Waals surface area (Å²) in [5.41, 5.74) is 2.06. The molecule has 27 heavy (non-hydrogen) atoms. The van der Waals surface area contributed by atoms with Gasteiger partial charge in [-0.15, -0.1) is 0 Å². The first-order valence-electron chi connectivity index (χ1n) is 8.86. The van der Waals surface area contributed by atoms with E-state index in [0.29, 0.717) is 11.4 Å². The lowest BCUT2D eigenvalue weighted by molar-refractivity contribution is 0.101. The number of rotatable bonds is 3. The monoisotopic (exact) mass is 359 g/mol. The van der Waals surface area contributed by atoms with Gasteiger partial charge in [-0.3, -0.25) is 9.78 Å². The van der Waals surface area contributed by atoms with Gasteiger partial charge in [0.25, 0.3) is 0 Å². The molecule has 0 unspecified atom stereocenters. The number of fused-ring (bicyclic) bond motifs is 3. The van der Waals surface area contributed by atoms with E-state index in [1.165, 1.54) is 6.92 Å². The maximum absolute atomic E-state index is 11.7. The van der Waals surface area contributed by atoms with Gasteiger partial charge >= 0.3 is 0 Å². The van der Waals surface area contributed by atoms with E-state index in [0.717, 1.165) is 27.4 Å². The number of carbonyl (C=O) groups excluding carboxylic acids is 1. The van der Waals surface area contributed by atoms with Crippen molar-refractivity contribution in [3.8, 4) is 5.75 Å². The molecule has 0 amide bonds. The van der Waals surface area contributed by atoms with E-state index in [9.17, 15) is 9.90 Å². The molecule has 136 valence electrons. The third kappa shape index (κ3) is 3.72. The molecule has 0 saturated heterocycles. The number of pyridine rings is 2. The summed E-state index contributed by atoms with van der Waals surface area (Å²) in [6.45, 7) is 5.54. The number of benzene rings is 2. The van der Waals surface area contributed by atoms with Crippen LogP contribution in [0.3, 0.4) is 0 Å². The summed E-state index contributed by atoms with van der Waals surface area (Å²) < 4.78 is 0. The molecule has 5 heteroatoms. The van der Waals surface area contributed by atoms with Crippen LogP contribution >= 0.6 is 0 Å². The number of phenolic OH excluding ortho intramolecular Hbond substituents is 1. The predicted molar refractivity (Wildman–Crippen MR) is 110 cm³/mol. The average molecular weight is 359 g/mol. The number of hydrogen-bond acceptors (Lipinski definition) is 5. The number of nitrogens with one attached hydrogen (secondary N) is 1. The van der Waals surface area contributed by atoms with Crippen molar-refractivity contribution in [1.82, 2.24) is 9.97 Å². The number of anilines is 2. The van der Waals surface area contributed by atoms with E-state index in [2.05, 4.69) is 10.3 Å². The van der Waals surface area contributed by atoms with Gasteiger partial charge in [0.05, 0.1) is 5.52 Å². The Morgan fingerprint density at radius 2 is 1.81 bits per heavy atom. The van der Waals surface area contributed by atoms with Crippen molar-refractivity contribution < 1.29 is 9.90 Å². The first kappa shape index (κ1) is 18.3. The SMILES string of the molecule is CC.CC(=O)c1ccc2c(c1)nc(Nc1cccc(O)c1)c1ccncc12. The summed E-state index contributed by atoms with van der Waals surface area (Å²) in [5.74, 6) is 0.823. The van der Waals surface area contributed by atoms with Crippen LogP contribution in [0.2, 0.25) is 0 Å². The van der Waals surface area contributed by atoms with Gasteiger partial charge < -0.3 is 10.4 Å². The van der Waals surface area contributed by atoms with Gasteiger partial charge in [-0.1, -0.05) is 32.0 Å². The van der Waals surface area contributed by atoms with Crippen molar-refractivity contribution in [2.75, 3.05) is 5.32 Å². The highest BCUT2D eigenvalue weighted by Gasteiger charge is 2.11. The minimum Gasteiger partial charge on any atom is -0.508 e. The normalized spacial score (nSPS) is 10.3. The molecule has 0 radical (unpaired) electrons. The number of carbonyl (C=O) groups is 1. The number of nitrogens with zero attached hydrogens (tertiary/aromatic N) is 2. The van der Waals surface area contributed by atoms with Crippen LogP contribution in [0.5, 0.6) is 5.75 Å². The van der Waals surface area contributed by atoms with E-state index < -0.39 is 0 Å². The molecule has 4 aromatic rings. The number of Topliss-reactive ketones (excluding diaryl/α,β-unsaturated/α-hetero) is 1. The molecule has 0 bridgehead atoms. The standard InChI is InChI=1S/C20H15N3O2.C2H6/c1-12(24)13-5-6-16-18-11-21-8-7-17(18)20(23-19(16)9-13)22-14-3-2-4-15(25)10-14;1-2/h2-11,25H,1H3,(H,22,23);1-2H3. The van der Waals surface area contributed by atoms with E-state index in [4.69, 9.17) is 4.98 Å². The number of ketones is 1. The second-order valence-electron chi connectivity index (χ2n) is 5.85. The maximum Gasteiger partial charge on any atom is 0.159 e. The Kier molecular flexibility index (Phi) is 5.31. The van der Waals surface area contributed by atoms with Gasteiger partial charge in [0.1, 0.15) is 11.6 Å². The Balaban J connectivity index is 0.00000102. The molecule has 4 rings (SSSR count). The quantitative estimate of drug-likeness (QED) is 0.375. The first-order valence-corrected chi connectivity index (χ1v) is 8.86. The Bertz CT molecular complexity index is 1120. The van der Waals surface area contributed by atoms with Gasteiger partial charge in [-0.05, 0) is 31.2 Å². The molecule has 2 aromatic heterocycles. The van der Waals surface area contributed by atoms with E-state index in [1.54, 1.807) is 42.7 Å². The summed E-state index contributed by atoms with van der Waals surface area (Å²) in [6, 6.07) is 14.2. The Hall–Kier alpha value is -3.47. The molecule has 5 nitrogen and oxygen atoms in total. The van der Waals surface area contributed by atoms with Crippen LogP contribution in [-0.2, 0) is 0 Å². The molecule has 2 N–H and O–H groups in total. The molecule has 0 aliphatic carbocycles. The predicted octanol–water partition coefficient (Wildman–Crippen LogP) is 5.46. The van der Waals surface area contributed by atoms with Crippen molar-refractivity contribution >= 4 is 39.0 Å². The van der Waals surface area contributed by atoms with Crippen LogP contribution < -0.4 is 5.32 Å². The molecule has 0 aliphatic heterocycles. The zero-order valence-corrected chi connectivity index (χ0v) is 15.5. The molecular formula is C22H21N3O2. The second-order valence-corrected chi connectivity index (χ2v) is 5.85. The summed E-state index contributed by atoms with van der Waals surface area (Å²) in [4.78, 5) is 20.6. The molecule has 0 atom stereocenters. The van der Waals surface area contributed by atoms with E-state index in [-0.39, 0.29) is 11.5 Å². The lowest BCUT2D eigenvalue weighted by Crippen LogP contribution is -1.98.